The summed E-state index contributed by atoms with van der Waals surface area (Å²) in [6.07, 6.45) is 0.922. The highest BCUT2D eigenvalue weighted by Crippen LogP contribution is 2.38. The van der Waals surface area contributed by atoms with Crippen LogP contribution in [0, 0.1) is 18.3 Å². The van der Waals surface area contributed by atoms with Crippen molar-refractivity contribution in [2.24, 2.45) is 5.73 Å². The first-order valence-corrected chi connectivity index (χ1v) is 10.3. The number of fused-ring (bicyclic) bond motifs is 1. The van der Waals surface area contributed by atoms with E-state index in [1.54, 1.807) is 16.7 Å². The lowest BCUT2D eigenvalue weighted by atomic mass is 9.85. The molecule has 0 saturated heterocycles. The number of hydrogen-bond donors (Lipinski definition) is 3. The van der Waals surface area contributed by atoms with Crippen LogP contribution in [-0.4, -0.2) is 14.8 Å². The van der Waals surface area contributed by atoms with Crippen LogP contribution >= 0.6 is 0 Å². The number of nitriles is 1. The molecule has 0 amide bonds. The van der Waals surface area contributed by atoms with Gasteiger partial charge in [-0.05, 0) is 43.0 Å². The van der Waals surface area contributed by atoms with Gasteiger partial charge in [-0.3, -0.25) is 4.79 Å². The first kappa shape index (κ1) is 21.1. The minimum atomic E-state index is -0.511. The number of hydrogen-bond acceptors (Lipinski definition) is 6. The van der Waals surface area contributed by atoms with Gasteiger partial charge in [0.05, 0.1) is 11.1 Å². The molecule has 0 aliphatic carbocycles. The van der Waals surface area contributed by atoms with Crippen molar-refractivity contribution in [3.63, 3.8) is 0 Å². The number of benzene rings is 2. The Hall–Kier alpha value is -4.18. The lowest BCUT2D eigenvalue weighted by Gasteiger charge is -2.27. The number of phenolic OH excluding ortho intramolecular Hbond substituents is 2. The molecule has 0 saturated carbocycles. The molecule has 2 aromatic carbocycles. The maximum absolute atomic E-state index is 13.6. The third kappa shape index (κ3) is 3.91. The number of nitrogens with two attached hydrogens (primary N) is 1. The fourth-order valence-corrected chi connectivity index (χ4v) is 4.08. The summed E-state index contributed by atoms with van der Waals surface area (Å²) < 4.78 is 7.31. The highest BCUT2D eigenvalue weighted by atomic mass is 16.5. The van der Waals surface area contributed by atoms with Crippen LogP contribution in [-0.2, 0) is 19.4 Å². The second kappa shape index (κ2) is 8.52. The second-order valence-electron chi connectivity index (χ2n) is 7.83. The topological polar surface area (TPSA) is 122 Å². The number of aromatic hydroxyl groups is 2. The molecular formula is C25H23N3O4. The van der Waals surface area contributed by atoms with Crippen molar-refractivity contribution in [1.29, 1.82) is 5.26 Å². The molecule has 7 nitrogen and oxygen atoms in total. The Morgan fingerprint density at radius 1 is 1.09 bits per heavy atom. The van der Waals surface area contributed by atoms with Gasteiger partial charge >= 0.3 is 0 Å². The number of pyridine rings is 1. The van der Waals surface area contributed by atoms with Crippen LogP contribution in [0.3, 0.4) is 0 Å². The largest absolute Gasteiger partial charge is 0.504 e. The van der Waals surface area contributed by atoms with Crippen LogP contribution in [0.2, 0.25) is 0 Å². The molecule has 162 valence electrons. The Labute approximate surface area is 185 Å². The highest BCUT2D eigenvalue weighted by Gasteiger charge is 2.33. The molecule has 1 unspecified atom stereocenters. The van der Waals surface area contributed by atoms with Gasteiger partial charge in [0, 0.05) is 24.2 Å². The number of allylic oxidation sites excluding steroid dienone is 1. The SMILES string of the molecule is Cc1cc2c(c(=O)n1CCc1ccc(O)c(O)c1)C(Cc1ccccc1)C(C#N)=C(N)O2. The molecule has 2 heterocycles. The maximum atomic E-state index is 13.6. The van der Waals surface area contributed by atoms with E-state index in [1.165, 1.54) is 12.1 Å². The molecule has 0 spiro atoms. The van der Waals surface area contributed by atoms with Crippen molar-refractivity contribution in [1.82, 2.24) is 4.57 Å². The van der Waals surface area contributed by atoms with Crippen molar-refractivity contribution >= 4 is 0 Å². The number of rotatable bonds is 5. The molecule has 4 rings (SSSR count). The molecular weight excluding hydrogens is 406 g/mol. The van der Waals surface area contributed by atoms with E-state index in [-0.39, 0.29) is 28.5 Å². The number of nitrogens with zero attached hydrogens (tertiary/aromatic N) is 2. The van der Waals surface area contributed by atoms with Gasteiger partial charge in [-0.2, -0.15) is 5.26 Å². The Balaban J connectivity index is 1.74. The fourth-order valence-electron chi connectivity index (χ4n) is 4.08. The molecule has 1 aromatic heterocycles. The molecule has 0 bridgehead atoms. The lowest BCUT2D eigenvalue weighted by Crippen LogP contribution is -2.33. The van der Waals surface area contributed by atoms with E-state index in [1.807, 2.05) is 37.3 Å². The normalized spacial score (nSPS) is 15.1. The van der Waals surface area contributed by atoms with Crippen molar-refractivity contribution in [3.05, 3.63) is 98.8 Å². The molecule has 3 aromatic rings. The summed E-state index contributed by atoms with van der Waals surface area (Å²) in [5.74, 6) is -0.499. The van der Waals surface area contributed by atoms with Gasteiger partial charge in [0.1, 0.15) is 11.8 Å². The number of aryl methyl sites for hydroxylation is 2. The van der Waals surface area contributed by atoms with Crippen LogP contribution in [0.15, 0.2) is 70.8 Å². The predicted molar refractivity (Wildman–Crippen MR) is 119 cm³/mol. The Morgan fingerprint density at radius 2 is 1.84 bits per heavy atom. The molecule has 1 atom stereocenters. The summed E-state index contributed by atoms with van der Waals surface area (Å²) in [5.41, 5.74) is 8.92. The zero-order valence-corrected chi connectivity index (χ0v) is 17.6. The van der Waals surface area contributed by atoms with Crippen LogP contribution < -0.4 is 16.0 Å². The van der Waals surface area contributed by atoms with E-state index in [0.29, 0.717) is 36.4 Å². The van der Waals surface area contributed by atoms with E-state index in [9.17, 15) is 20.3 Å². The number of aromatic nitrogens is 1. The summed E-state index contributed by atoms with van der Waals surface area (Å²) in [6, 6.07) is 18.1. The van der Waals surface area contributed by atoms with Gasteiger partial charge in [-0.25, -0.2) is 0 Å². The predicted octanol–water partition coefficient (Wildman–Crippen LogP) is 3.22. The second-order valence-corrected chi connectivity index (χ2v) is 7.83. The summed E-state index contributed by atoms with van der Waals surface area (Å²) in [7, 11) is 0. The minimum absolute atomic E-state index is 0.0250. The third-order valence-electron chi connectivity index (χ3n) is 5.76. The molecule has 4 N–H and O–H groups in total. The standard InChI is InChI=1S/C25H23N3O4/c1-15-11-22-23(25(31)28(15)10-9-17-7-8-20(29)21(30)13-17)18(19(14-26)24(27)32-22)12-16-5-3-2-4-6-16/h2-8,11,13,18,29-30H,9-10,12,27H2,1H3. The molecule has 7 heteroatoms. The van der Waals surface area contributed by atoms with Crippen molar-refractivity contribution in [3.8, 4) is 23.3 Å². The van der Waals surface area contributed by atoms with Crippen LogP contribution in [0.5, 0.6) is 17.2 Å². The molecule has 0 fully saturated rings. The summed E-state index contributed by atoms with van der Waals surface area (Å²) in [4.78, 5) is 13.6. The zero-order valence-electron chi connectivity index (χ0n) is 17.6. The Morgan fingerprint density at radius 3 is 2.53 bits per heavy atom. The van der Waals surface area contributed by atoms with Gasteiger partial charge in [-0.1, -0.05) is 36.4 Å². The number of ether oxygens (including phenoxy) is 1. The van der Waals surface area contributed by atoms with E-state index in [0.717, 1.165) is 11.1 Å². The smallest absolute Gasteiger partial charge is 0.258 e. The quantitative estimate of drug-likeness (QED) is 0.536. The average molecular weight is 429 g/mol. The monoisotopic (exact) mass is 429 g/mol. The van der Waals surface area contributed by atoms with Crippen LogP contribution in [0.4, 0.5) is 0 Å². The summed E-state index contributed by atoms with van der Waals surface area (Å²) in [6.45, 7) is 2.17. The first-order chi connectivity index (χ1) is 15.4. The lowest BCUT2D eigenvalue weighted by molar-refractivity contribution is 0.382. The number of phenols is 2. The van der Waals surface area contributed by atoms with E-state index >= 15 is 0 Å². The van der Waals surface area contributed by atoms with Gasteiger partial charge in [0.2, 0.25) is 5.88 Å². The van der Waals surface area contributed by atoms with E-state index in [2.05, 4.69) is 6.07 Å². The Bertz CT molecular complexity index is 1300. The highest BCUT2D eigenvalue weighted by molar-refractivity contribution is 5.50. The van der Waals surface area contributed by atoms with Gasteiger partial charge in [0.15, 0.2) is 11.5 Å². The van der Waals surface area contributed by atoms with Crippen molar-refractivity contribution < 1.29 is 14.9 Å². The van der Waals surface area contributed by atoms with E-state index < -0.39 is 5.92 Å². The minimum Gasteiger partial charge on any atom is -0.504 e. The van der Waals surface area contributed by atoms with Crippen LogP contribution in [0.1, 0.15) is 28.3 Å². The third-order valence-corrected chi connectivity index (χ3v) is 5.76. The van der Waals surface area contributed by atoms with Crippen molar-refractivity contribution in [2.45, 2.75) is 32.2 Å². The molecule has 1 aliphatic heterocycles. The van der Waals surface area contributed by atoms with Crippen LogP contribution in [0.25, 0.3) is 0 Å². The first-order valence-electron chi connectivity index (χ1n) is 10.3. The Kier molecular flexibility index (Phi) is 5.61. The molecule has 0 radical (unpaired) electrons. The molecule has 1 aliphatic rings. The van der Waals surface area contributed by atoms with Crippen molar-refractivity contribution in [2.75, 3.05) is 0 Å². The summed E-state index contributed by atoms with van der Waals surface area (Å²) >= 11 is 0. The average Bonchev–Trinajstić information content (AvgIpc) is 2.76. The van der Waals surface area contributed by atoms with E-state index in [4.69, 9.17) is 10.5 Å². The fraction of sp³-hybridized carbons (Fsp3) is 0.200. The van der Waals surface area contributed by atoms with Gasteiger partial charge < -0.3 is 25.3 Å². The van der Waals surface area contributed by atoms with Gasteiger partial charge in [-0.15, -0.1) is 0 Å². The maximum Gasteiger partial charge on any atom is 0.258 e. The summed E-state index contributed by atoms with van der Waals surface area (Å²) in [5, 5.41) is 29.0. The van der Waals surface area contributed by atoms with Gasteiger partial charge in [0.25, 0.3) is 5.56 Å². The zero-order chi connectivity index (χ0) is 22.8. The molecule has 32 heavy (non-hydrogen) atoms.